The molecule has 1 aliphatic rings. The van der Waals surface area contributed by atoms with Crippen LogP contribution >= 0.6 is 11.8 Å². The molecule has 0 aromatic heterocycles. The fourth-order valence-electron chi connectivity index (χ4n) is 2.22. The number of nitrogen functional groups attached to an aromatic ring is 1. The SMILES string of the molecule is CCOC(=O)c1ccc(N)c(N2CCSCC2C)c1. The molecule has 0 saturated carbocycles. The standard InChI is InChI=1S/C14H20N2O2S/c1-3-18-14(17)11-4-5-12(15)13(8-11)16-6-7-19-9-10(16)2/h4-5,8,10H,3,6-7,9,15H2,1-2H3. The van der Waals surface area contributed by atoms with Crippen LogP contribution in [-0.4, -0.2) is 36.7 Å². The molecule has 104 valence electrons. The summed E-state index contributed by atoms with van der Waals surface area (Å²) in [6.45, 7) is 5.33. The summed E-state index contributed by atoms with van der Waals surface area (Å²) in [5, 5.41) is 0. The van der Waals surface area contributed by atoms with Gasteiger partial charge in [0, 0.05) is 24.1 Å². The van der Waals surface area contributed by atoms with Crippen molar-refractivity contribution in [3.05, 3.63) is 23.8 Å². The third kappa shape index (κ3) is 3.15. The van der Waals surface area contributed by atoms with E-state index in [-0.39, 0.29) is 5.97 Å². The summed E-state index contributed by atoms with van der Waals surface area (Å²) in [5.41, 5.74) is 8.28. The molecule has 0 radical (unpaired) electrons. The van der Waals surface area contributed by atoms with Gasteiger partial charge < -0.3 is 15.4 Å². The lowest BCUT2D eigenvalue weighted by molar-refractivity contribution is 0.0526. The molecule has 1 saturated heterocycles. The third-order valence-corrected chi connectivity index (χ3v) is 4.41. The number of carbonyl (C=O) groups excluding carboxylic acids is 1. The second-order valence-electron chi connectivity index (χ2n) is 4.61. The molecule has 0 spiro atoms. The van der Waals surface area contributed by atoms with E-state index in [2.05, 4.69) is 11.8 Å². The quantitative estimate of drug-likeness (QED) is 0.680. The lowest BCUT2D eigenvalue weighted by atomic mass is 10.1. The van der Waals surface area contributed by atoms with Gasteiger partial charge >= 0.3 is 5.97 Å². The summed E-state index contributed by atoms with van der Waals surface area (Å²) in [4.78, 5) is 14.1. The van der Waals surface area contributed by atoms with E-state index in [0.717, 1.165) is 23.7 Å². The number of hydrogen-bond donors (Lipinski definition) is 1. The topological polar surface area (TPSA) is 55.6 Å². The zero-order valence-corrected chi connectivity index (χ0v) is 12.2. The monoisotopic (exact) mass is 280 g/mol. The molecular weight excluding hydrogens is 260 g/mol. The van der Waals surface area contributed by atoms with Crippen LogP contribution in [0.5, 0.6) is 0 Å². The number of nitrogens with two attached hydrogens (primary N) is 1. The van der Waals surface area contributed by atoms with E-state index in [1.165, 1.54) is 0 Å². The maximum absolute atomic E-state index is 11.8. The molecular formula is C14H20N2O2S. The third-order valence-electron chi connectivity index (χ3n) is 3.22. The number of anilines is 2. The van der Waals surface area contributed by atoms with Gasteiger partial charge in [-0.05, 0) is 32.0 Å². The molecule has 0 aliphatic carbocycles. The van der Waals surface area contributed by atoms with Gasteiger partial charge in [-0.2, -0.15) is 11.8 Å². The van der Waals surface area contributed by atoms with Crippen molar-refractivity contribution >= 4 is 29.1 Å². The van der Waals surface area contributed by atoms with Crippen LogP contribution in [0.3, 0.4) is 0 Å². The highest BCUT2D eigenvalue weighted by atomic mass is 32.2. The van der Waals surface area contributed by atoms with Gasteiger partial charge in [-0.3, -0.25) is 0 Å². The number of rotatable bonds is 3. The summed E-state index contributed by atoms with van der Waals surface area (Å²) in [6.07, 6.45) is 0. The van der Waals surface area contributed by atoms with E-state index >= 15 is 0 Å². The smallest absolute Gasteiger partial charge is 0.338 e. The molecule has 19 heavy (non-hydrogen) atoms. The maximum atomic E-state index is 11.8. The number of benzene rings is 1. The zero-order valence-electron chi connectivity index (χ0n) is 11.4. The predicted molar refractivity (Wildman–Crippen MR) is 80.9 cm³/mol. The zero-order chi connectivity index (χ0) is 13.8. The summed E-state index contributed by atoms with van der Waals surface area (Å²) < 4.78 is 5.03. The summed E-state index contributed by atoms with van der Waals surface area (Å²) in [6, 6.07) is 5.79. The molecule has 1 heterocycles. The van der Waals surface area contributed by atoms with Gasteiger partial charge in [-0.1, -0.05) is 0 Å². The number of ether oxygens (including phenoxy) is 1. The van der Waals surface area contributed by atoms with Gasteiger partial charge in [-0.25, -0.2) is 4.79 Å². The summed E-state index contributed by atoms with van der Waals surface area (Å²) in [7, 11) is 0. The summed E-state index contributed by atoms with van der Waals surface area (Å²) in [5.74, 6) is 1.89. The van der Waals surface area contributed by atoms with Gasteiger partial charge in [0.25, 0.3) is 0 Å². The molecule has 1 aromatic rings. The molecule has 5 heteroatoms. The van der Waals surface area contributed by atoms with Crippen molar-refractivity contribution in [2.45, 2.75) is 19.9 Å². The van der Waals surface area contributed by atoms with Crippen molar-refractivity contribution in [1.29, 1.82) is 0 Å². The first-order valence-corrected chi connectivity index (χ1v) is 7.70. The largest absolute Gasteiger partial charge is 0.462 e. The Kier molecular flexibility index (Phi) is 4.58. The summed E-state index contributed by atoms with van der Waals surface area (Å²) >= 11 is 1.95. The van der Waals surface area contributed by atoms with Gasteiger partial charge in [0.05, 0.1) is 23.5 Å². The van der Waals surface area contributed by atoms with Crippen LogP contribution in [0.25, 0.3) is 0 Å². The van der Waals surface area contributed by atoms with Crippen LogP contribution in [0.15, 0.2) is 18.2 Å². The fraction of sp³-hybridized carbons (Fsp3) is 0.500. The number of hydrogen-bond acceptors (Lipinski definition) is 5. The highest BCUT2D eigenvalue weighted by molar-refractivity contribution is 7.99. The lowest BCUT2D eigenvalue weighted by Gasteiger charge is -2.35. The molecule has 0 amide bonds. The Labute approximate surface area is 118 Å². The van der Waals surface area contributed by atoms with Crippen molar-refractivity contribution in [2.24, 2.45) is 0 Å². The Morgan fingerprint density at radius 3 is 3.05 bits per heavy atom. The van der Waals surface area contributed by atoms with Gasteiger partial charge in [-0.15, -0.1) is 0 Å². The van der Waals surface area contributed by atoms with Crippen molar-refractivity contribution < 1.29 is 9.53 Å². The molecule has 2 N–H and O–H groups in total. The Bertz CT molecular complexity index is 465. The minimum Gasteiger partial charge on any atom is -0.462 e. The van der Waals surface area contributed by atoms with E-state index in [1.807, 2.05) is 17.8 Å². The first-order chi connectivity index (χ1) is 9.13. The van der Waals surface area contributed by atoms with Crippen LogP contribution in [0.2, 0.25) is 0 Å². The Morgan fingerprint density at radius 1 is 1.58 bits per heavy atom. The minimum absolute atomic E-state index is 0.289. The van der Waals surface area contributed by atoms with Crippen molar-refractivity contribution in [2.75, 3.05) is 35.3 Å². The first kappa shape index (κ1) is 14.1. The van der Waals surface area contributed by atoms with Crippen LogP contribution in [-0.2, 0) is 4.74 Å². The molecule has 1 unspecified atom stereocenters. The van der Waals surface area contributed by atoms with E-state index in [0.29, 0.717) is 23.9 Å². The van der Waals surface area contributed by atoms with Crippen LogP contribution in [0, 0.1) is 0 Å². The van der Waals surface area contributed by atoms with Gasteiger partial charge in [0.15, 0.2) is 0 Å². The van der Waals surface area contributed by atoms with E-state index < -0.39 is 0 Å². The Morgan fingerprint density at radius 2 is 2.37 bits per heavy atom. The molecule has 1 aliphatic heterocycles. The number of esters is 1. The molecule has 4 nitrogen and oxygen atoms in total. The van der Waals surface area contributed by atoms with Gasteiger partial charge in [0.2, 0.25) is 0 Å². The first-order valence-electron chi connectivity index (χ1n) is 6.54. The predicted octanol–water partition coefficient (Wildman–Crippen LogP) is 2.39. The fourth-order valence-corrected chi connectivity index (χ4v) is 3.23. The van der Waals surface area contributed by atoms with Crippen LogP contribution in [0.4, 0.5) is 11.4 Å². The lowest BCUT2D eigenvalue weighted by Crippen LogP contribution is -2.40. The van der Waals surface area contributed by atoms with E-state index in [9.17, 15) is 4.79 Å². The van der Waals surface area contributed by atoms with Crippen molar-refractivity contribution in [1.82, 2.24) is 0 Å². The van der Waals surface area contributed by atoms with Gasteiger partial charge in [0.1, 0.15) is 0 Å². The second-order valence-corrected chi connectivity index (χ2v) is 5.76. The average molecular weight is 280 g/mol. The number of thioether (sulfide) groups is 1. The molecule has 1 aromatic carbocycles. The van der Waals surface area contributed by atoms with Crippen molar-refractivity contribution in [3.8, 4) is 0 Å². The normalized spacial score (nSPS) is 19.3. The van der Waals surface area contributed by atoms with Crippen molar-refractivity contribution in [3.63, 3.8) is 0 Å². The molecule has 2 rings (SSSR count). The highest BCUT2D eigenvalue weighted by Gasteiger charge is 2.21. The van der Waals surface area contributed by atoms with Crippen LogP contribution in [0.1, 0.15) is 24.2 Å². The van der Waals surface area contributed by atoms with E-state index in [4.69, 9.17) is 10.5 Å². The molecule has 0 bridgehead atoms. The number of nitrogens with zero attached hydrogens (tertiary/aromatic N) is 1. The Hall–Kier alpha value is -1.36. The number of carbonyl (C=O) groups is 1. The highest BCUT2D eigenvalue weighted by Crippen LogP contribution is 2.30. The van der Waals surface area contributed by atoms with Crippen LogP contribution < -0.4 is 10.6 Å². The molecule has 1 fully saturated rings. The Balaban J connectivity index is 2.28. The maximum Gasteiger partial charge on any atom is 0.338 e. The average Bonchev–Trinajstić information content (AvgIpc) is 2.40. The van der Waals surface area contributed by atoms with E-state index in [1.54, 1.807) is 19.1 Å². The molecule has 1 atom stereocenters. The minimum atomic E-state index is -0.289. The second kappa shape index (κ2) is 6.19.